The number of nitrogens with zero attached hydrogens (tertiary/aromatic N) is 5. The molecule has 6 nitrogen and oxygen atoms in total. The molecule has 0 aromatic carbocycles. The second-order valence-corrected chi connectivity index (χ2v) is 5.13. The van der Waals surface area contributed by atoms with Crippen LogP contribution >= 0.6 is 11.6 Å². The quantitative estimate of drug-likeness (QED) is 0.886. The first-order chi connectivity index (χ1) is 8.99. The minimum atomic E-state index is -0.863. The Hall–Kier alpha value is -1.37. The minimum Gasteiger partial charge on any atom is -0.380 e. The van der Waals surface area contributed by atoms with Crippen LogP contribution in [0.1, 0.15) is 17.5 Å². The van der Waals surface area contributed by atoms with Gasteiger partial charge < -0.3 is 10.0 Å². The maximum Gasteiger partial charge on any atom is 0.141 e. The predicted molar refractivity (Wildman–Crippen MR) is 73.1 cm³/mol. The van der Waals surface area contributed by atoms with Crippen molar-refractivity contribution in [3.63, 3.8) is 0 Å². The number of halogens is 1. The van der Waals surface area contributed by atoms with Crippen LogP contribution in [0.4, 0.5) is 0 Å². The molecule has 104 valence electrons. The molecule has 0 aliphatic carbocycles. The molecule has 0 saturated heterocycles. The zero-order chi connectivity index (χ0) is 14.0. The first-order valence-electron chi connectivity index (χ1n) is 6.02. The van der Waals surface area contributed by atoms with Gasteiger partial charge in [-0.1, -0.05) is 11.6 Å². The van der Waals surface area contributed by atoms with Crippen molar-refractivity contribution in [2.75, 3.05) is 20.6 Å². The van der Waals surface area contributed by atoms with Crippen LogP contribution in [-0.2, 0) is 13.6 Å². The Labute approximate surface area is 117 Å². The van der Waals surface area contributed by atoms with E-state index in [2.05, 4.69) is 10.2 Å². The molecule has 0 bridgehead atoms. The molecule has 2 aromatic rings. The minimum absolute atomic E-state index is 0.455. The van der Waals surface area contributed by atoms with E-state index in [9.17, 15) is 5.11 Å². The number of likely N-dealkylation sites (N-methyl/N-ethyl adjacent to an activating group) is 1. The Morgan fingerprint density at radius 2 is 2.21 bits per heavy atom. The van der Waals surface area contributed by atoms with Crippen molar-refractivity contribution < 1.29 is 5.11 Å². The van der Waals surface area contributed by atoms with E-state index in [0.29, 0.717) is 23.0 Å². The van der Waals surface area contributed by atoms with Gasteiger partial charge in [-0.15, -0.1) is 0 Å². The monoisotopic (exact) mass is 283 g/mol. The number of aliphatic hydroxyl groups is 1. The molecule has 0 amide bonds. The highest BCUT2D eigenvalue weighted by molar-refractivity contribution is 6.31. The van der Waals surface area contributed by atoms with Gasteiger partial charge in [0.1, 0.15) is 6.10 Å². The van der Waals surface area contributed by atoms with Crippen molar-refractivity contribution in [3.05, 3.63) is 34.9 Å². The Kier molecular flexibility index (Phi) is 4.24. The van der Waals surface area contributed by atoms with Crippen LogP contribution in [0.3, 0.4) is 0 Å². The van der Waals surface area contributed by atoms with Crippen LogP contribution in [-0.4, -0.2) is 50.2 Å². The van der Waals surface area contributed by atoms with Crippen LogP contribution in [0, 0.1) is 0 Å². The normalized spacial score (nSPS) is 13.2. The van der Waals surface area contributed by atoms with Gasteiger partial charge in [0, 0.05) is 19.8 Å². The number of hydrogen-bond donors (Lipinski definition) is 1. The average Bonchev–Trinajstić information content (AvgIpc) is 2.92. The van der Waals surface area contributed by atoms with Crippen molar-refractivity contribution in [1.82, 2.24) is 24.5 Å². The molecule has 2 heterocycles. The zero-order valence-corrected chi connectivity index (χ0v) is 12.0. The average molecular weight is 284 g/mol. The second kappa shape index (κ2) is 5.73. The van der Waals surface area contributed by atoms with E-state index in [4.69, 9.17) is 11.6 Å². The fourth-order valence-electron chi connectivity index (χ4n) is 1.84. The Balaban J connectivity index is 2.25. The van der Waals surface area contributed by atoms with E-state index >= 15 is 0 Å². The summed E-state index contributed by atoms with van der Waals surface area (Å²) in [5.41, 5.74) is 1.15. The van der Waals surface area contributed by atoms with Crippen molar-refractivity contribution in [2.45, 2.75) is 12.6 Å². The zero-order valence-electron chi connectivity index (χ0n) is 11.3. The summed E-state index contributed by atoms with van der Waals surface area (Å²) in [6.45, 7) is 1.49. The van der Waals surface area contributed by atoms with Crippen LogP contribution in [0.2, 0.25) is 5.02 Å². The van der Waals surface area contributed by atoms with Crippen LogP contribution in [0.15, 0.2) is 18.5 Å². The molecule has 0 saturated carbocycles. The molecular weight excluding hydrogens is 266 g/mol. The summed E-state index contributed by atoms with van der Waals surface area (Å²) in [4.78, 5) is 2.05. The van der Waals surface area contributed by atoms with Gasteiger partial charge in [-0.25, -0.2) is 0 Å². The van der Waals surface area contributed by atoms with Gasteiger partial charge in [-0.2, -0.15) is 10.2 Å². The van der Waals surface area contributed by atoms with Crippen LogP contribution in [0.25, 0.3) is 0 Å². The maximum absolute atomic E-state index is 10.4. The largest absolute Gasteiger partial charge is 0.380 e. The number of aliphatic hydroxyl groups excluding tert-OH is 1. The lowest BCUT2D eigenvalue weighted by Gasteiger charge is -2.14. The van der Waals surface area contributed by atoms with Crippen LogP contribution in [0.5, 0.6) is 0 Å². The number of rotatable bonds is 5. The summed E-state index contributed by atoms with van der Waals surface area (Å²) >= 11 is 6.12. The molecule has 1 N–H and O–H groups in total. The molecule has 0 spiro atoms. The SMILES string of the molecule is CN(C)CCn1ncc(Cl)c1C(O)c1ccn(C)n1. The summed E-state index contributed by atoms with van der Waals surface area (Å²) in [7, 11) is 5.78. The third kappa shape index (κ3) is 3.15. The number of hydrogen-bond acceptors (Lipinski definition) is 4. The lowest BCUT2D eigenvalue weighted by atomic mass is 10.2. The second-order valence-electron chi connectivity index (χ2n) is 4.72. The van der Waals surface area contributed by atoms with Gasteiger partial charge in [0.2, 0.25) is 0 Å². The molecule has 19 heavy (non-hydrogen) atoms. The third-order valence-corrected chi connectivity index (χ3v) is 3.16. The topological polar surface area (TPSA) is 59.1 Å². The summed E-state index contributed by atoms with van der Waals surface area (Å²) in [5.74, 6) is 0. The van der Waals surface area contributed by atoms with E-state index < -0.39 is 6.10 Å². The molecule has 2 rings (SSSR count). The van der Waals surface area contributed by atoms with Crippen molar-refractivity contribution in [2.24, 2.45) is 7.05 Å². The van der Waals surface area contributed by atoms with Gasteiger partial charge in [-0.3, -0.25) is 9.36 Å². The van der Waals surface area contributed by atoms with Gasteiger partial charge >= 0.3 is 0 Å². The highest BCUT2D eigenvalue weighted by Gasteiger charge is 2.21. The van der Waals surface area contributed by atoms with Crippen molar-refractivity contribution in [3.8, 4) is 0 Å². The molecule has 7 heteroatoms. The van der Waals surface area contributed by atoms with E-state index in [-0.39, 0.29) is 0 Å². The molecular formula is C12H18ClN5O. The summed E-state index contributed by atoms with van der Waals surface area (Å²) in [6.07, 6.45) is 2.48. The van der Waals surface area contributed by atoms with E-state index in [1.807, 2.05) is 19.0 Å². The highest BCUT2D eigenvalue weighted by Crippen LogP contribution is 2.27. The summed E-state index contributed by atoms with van der Waals surface area (Å²) in [5, 5.41) is 19.2. The fourth-order valence-corrected chi connectivity index (χ4v) is 2.08. The molecule has 0 aliphatic heterocycles. The first-order valence-corrected chi connectivity index (χ1v) is 6.40. The first kappa shape index (κ1) is 14.0. The Bertz CT molecular complexity index is 548. The van der Waals surface area contributed by atoms with Crippen LogP contribution < -0.4 is 0 Å². The molecule has 2 aromatic heterocycles. The predicted octanol–water partition coefficient (Wildman–Crippen LogP) is 0.913. The van der Waals surface area contributed by atoms with Gasteiger partial charge in [0.25, 0.3) is 0 Å². The molecule has 1 unspecified atom stereocenters. The third-order valence-electron chi connectivity index (χ3n) is 2.87. The molecule has 1 atom stereocenters. The van der Waals surface area contributed by atoms with Crippen molar-refractivity contribution >= 4 is 11.6 Å². The number of aromatic nitrogens is 4. The van der Waals surface area contributed by atoms with Gasteiger partial charge in [0.05, 0.1) is 29.2 Å². The Morgan fingerprint density at radius 3 is 2.79 bits per heavy atom. The van der Waals surface area contributed by atoms with Gasteiger partial charge in [-0.05, 0) is 20.2 Å². The molecule has 0 radical (unpaired) electrons. The highest BCUT2D eigenvalue weighted by atomic mass is 35.5. The smallest absolute Gasteiger partial charge is 0.141 e. The lowest BCUT2D eigenvalue weighted by Crippen LogP contribution is -2.21. The number of aryl methyl sites for hydroxylation is 1. The maximum atomic E-state index is 10.4. The summed E-state index contributed by atoms with van der Waals surface area (Å²) < 4.78 is 3.37. The lowest BCUT2D eigenvalue weighted by molar-refractivity contribution is 0.200. The summed E-state index contributed by atoms with van der Waals surface area (Å²) in [6, 6.07) is 1.77. The van der Waals surface area contributed by atoms with E-state index in [1.54, 1.807) is 34.9 Å². The molecule has 0 fully saturated rings. The fraction of sp³-hybridized carbons (Fsp3) is 0.500. The van der Waals surface area contributed by atoms with Crippen molar-refractivity contribution in [1.29, 1.82) is 0 Å². The molecule has 0 aliphatic rings. The van der Waals surface area contributed by atoms with E-state index in [1.165, 1.54) is 0 Å². The Morgan fingerprint density at radius 1 is 1.47 bits per heavy atom. The van der Waals surface area contributed by atoms with Gasteiger partial charge in [0.15, 0.2) is 0 Å². The standard InChI is InChI=1S/C12H18ClN5O/c1-16(2)6-7-18-11(9(13)8-14-18)12(19)10-4-5-17(3)15-10/h4-5,8,12,19H,6-7H2,1-3H3. The van der Waals surface area contributed by atoms with E-state index in [0.717, 1.165) is 6.54 Å².